The molecule has 0 unspecified atom stereocenters. The second kappa shape index (κ2) is 9.08. The van der Waals surface area contributed by atoms with E-state index in [-0.39, 0.29) is 17.4 Å². The van der Waals surface area contributed by atoms with E-state index in [9.17, 15) is 13.2 Å². The van der Waals surface area contributed by atoms with Crippen molar-refractivity contribution in [1.82, 2.24) is 9.29 Å². The molecule has 1 N–H and O–H groups in total. The summed E-state index contributed by atoms with van der Waals surface area (Å²) in [6.45, 7) is 4.21. The molecular formula is C19H20ClN3O4S2. The molecule has 0 aliphatic heterocycles. The normalized spacial score (nSPS) is 11.7. The van der Waals surface area contributed by atoms with Gasteiger partial charge in [-0.1, -0.05) is 36.8 Å². The highest BCUT2D eigenvalue weighted by Gasteiger charge is 2.22. The Kier molecular flexibility index (Phi) is 6.74. The number of aromatic nitrogens is 1. The number of hydrogen-bond acceptors (Lipinski definition) is 6. The summed E-state index contributed by atoms with van der Waals surface area (Å²) < 4.78 is 32.8. The first kappa shape index (κ1) is 21.5. The first-order valence-corrected chi connectivity index (χ1v) is 11.6. The lowest BCUT2D eigenvalue weighted by Crippen LogP contribution is -2.30. The first-order chi connectivity index (χ1) is 13.8. The maximum Gasteiger partial charge on any atom is 0.264 e. The average Bonchev–Trinajstić information content (AvgIpc) is 3.09. The van der Waals surface area contributed by atoms with Crippen LogP contribution in [0.2, 0.25) is 5.02 Å². The van der Waals surface area contributed by atoms with Crippen LogP contribution in [-0.2, 0) is 14.8 Å². The predicted octanol–water partition coefficient (Wildman–Crippen LogP) is 4.00. The van der Waals surface area contributed by atoms with Crippen LogP contribution in [0.5, 0.6) is 5.75 Å². The fourth-order valence-corrected chi connectivity index (χ4v) is 5.27. The lowest BCUT2D eigenvalue weighted by Gasteiger charge is -2.18. The van der Waals surface area contributed by atoms with E-state index in [0.717, 1.165) is 0 Å². The van der Waals surface area contributed by atoms with E-state index in [1.165, 1.54) is 21.7 Å². The van der Waals surface area contributed by atoms with Crippen molar-refractivity contribution in [2.24, 2.45) is 0 Å². The number of halogens is 1. The van der Waals surface area contributed by atoms with Gasteiger partial charge in [-0.2, -0.15) is 4.31 Å². The van der Waals surface area contributed by atoms with Gasteiger partial charge in [0.05, 0.1) is 15.1 Å². The molecule has 3 rings (SSSR count). The number of benzene rings is 2. The lowest BCUT2D eigenvalue weighted by molar-refractivity contribution is -0.118. The topological polar surface area (TPSA) is 88.6 Å². The number of sulfonamides is 1. The molecule has 1 heterocycles. The minimum atomic E-state index is -3.55. The van der Waals surface area contributed by atoms with E-state index < -0.39 is 10.0 Å². The second-order valence-corrected chi connectivity index (χ2v) is 9.43. The third-order valence-corrected chi connectivity index (χ3v) is 7.36. The monoisotopic (exact) mass is 453 g/mol. The van der Waals surface area contributed by atoms with E-state index in [4.69, 9.17) is 16.3 Å². The van der Waals surface area contributed by atoms with Crippen LogP contribution in [0.15, 0.2) is 47.4 Å². The molecule has 1 aromatic heterocycles. The van der Waals surface area contributed by atoms with Crippen LogP contribution >= 0.6 is 22.9 Å². The highest BCUT2D eigenvalue weighted by molar-refractivity contribution is 7.89. The molecule has 1 amide bonds. The fourth-order valence-electron chi connectivity index (χ4n) is 2.67. The van der Waals surface area contributed by atoms with Gasteiger partial charge in [0, 0.05) is 18.1 Å². The Bertz CT molecular complexity index is 1110. The Balaban J connectivity index is 1.71. The van der Waals surface area contributed by atoms with Gasteiger partial charge >= 0.3 is 0 Å². The van der Waals surface area contributed by atoms with Gasteiger partial charge in [-0.05, 0) is 42.5 Å². The molecule has 154 valence electrons. The Morgan fingerprint density at radius 2 is 1.86 bits per heavy atom. The fraction of sp³-hybridized carbons (Fsp3) is 0.263. The minimum Gasteiger partial charge on any atom is -0.484 e. The standard InChI is InChI=1S/C19H20ClN3O4S2/c1-3-23(4-2)29(25,26)15-9-10-16-17(11-15)28-19(21-16)22-18(24)12-27-14-7-5-13(20)6-8-14/h5-11H,3-4,12H2,1-2H3,(H,21,22,24). The van der Waals surface area contributed by atoms with Gasteiger partial charge in [0.25, 0.3) is 5.91 Å². The quantitative estimate of drug-likeness (QED) is 0.557. The maximum atomic E-state index is 12.7. The van der Waals surface area contributed by atoms with Crippen molar-refractivity contribution in [2.75, 3.05) is 25.0 Å². The summed E-state index contributed by atoms with van der Waals surface area (Å²) in [7, 11) is -3.55. The number of fused-ring (bicyclic) bond motifs is 1. The van der Waals surface area contributed by atoms with E-state index in [2.05, 4.69) is 10.3 Å². The highest BCUT2D eigenvalue weighted by Crippen LogP contribution is 2.29. The van der Waals surface area contributed by atoms with Crippen LogP contribution in [-0.4, -0.2) is 43.3 Å². The Morgan fingerprint density at radius 1 is 1.17 bits per heavy atom. The number of ether oxygens (including phenoxy) is 1. The number of nitrogens with one attached hydrogen (secondary N) is 1. The number of nitrogens with zero attached hydrogens (tertiary/aromatic N) is 2. The van der Waals surface area contributed by atoms with Gasteiger partial charge in [-0.3, -0.25) is 10.1 Å². The molecule has 0 aliphatic carbocycles. The number of amides is 1. The summed E-state index contributed by atoms with van der Waals surface area (Å²) in [6.07, 6.45) is 0. The summed E-state index contributed by atoms with van der Waals surface area (Å²) in [6, 6.07) is 11.4. The predicted molar refractivity (Wildman–Crippen MR) is 115 cm³/mol. The number of thiazole rings is 1. The zero-order chi connectivity index (χ0) is 21.0. The summed E-state index contributed by atoms with van der Waals surface area (Å²) in [4.78, 5) is 16.7. The van der Waals surface area contributed by atoms with Gasteiger partial charge < -0.3 is 4.74 Å². The van der Waals surface area contributed by atoms with E-state index in [1.807, 2.05) is 0 Å². The smallest absolute Gasteiger partial charge is 0.264 e. The molecule has 0 fully saturated rings. The zero-order valence-electron chi connectivity index (χ0n) is 15.9. The van der Waals surface area contributed by atoms with Crippen molar-refractivity contribution >= 4 is 54.2 Å². The summed E-state index contributed by atoms with van der Waals surface area (Å²) in [5.41, 5.74) is 0.613. The van der Waals surface area contributed by atoms with Gasteiger partial charge in [-0.15, -0.1) is 0 Å². The van der Waals surface area contributed by atoms with Crippen LogP contribution in [0.25, 0.3) is 10.2 Å². The molecule has 2 aromatic carbocycles. The molecule has 3 aromatic rings. The average molecular weight is 454 g/mol. The molecule has 29 heavy (non-hydrogen) atoms. The molecule has 7 nitrogen and oxygen atoms in total. The van der Waals surface area contributed by atoms with Crippen LogP contribution in [0, 0.1) is 0 Å². The van der Waals surface area contributed by atoms with Crippen molar-refractivity contribution in [2.45, 2.75) is 18.7 Å². The molecule has 0 atom stereocenters. The number of carbonyl (C=O) groups is 1. The zero-order valence-corrected chi connectivity index (χ0v) is 18.3. The van der Waals surface area contributed by atoms with Crippen molar-refractivity contribution in [3.63, 3.8) is 0 Å². The first-order valence-electron chi connectivity index (χ1n) is 8.92. The molecule has 0 bridgehead atoms. The van der Waals surface area contributed by atoms with Crippen molar-refractivity contribution in [3.05, 3.63) is 47.5 Å². The van der Waals surface area contributed by atoms with Gasteiger partial charge in [0.1, 0.15) is 5.75 Å². The van der Waals surface area contributed by atoms with Gasteiger partial charge in [-0.25, -0.2) is 13.4 Å². The van der Waals surface area contributed by atoms with E-state index in [0.29, 0.717) is 39.2 Å². The van der Waals surface area contributed by atoms with E-state index in [1.54, 1.807) is 50.2 Å². The van der Waals surface area contributed by atoms with Crippen molar-refractivity contribution < 1.29 is 17.9 Å². The Morgan fingerprint density at radius 3 is 2.52 bits per heavy atom. The number of anilines is 1. The van der Waals surface area contributed by atoms with E-state index >= 15 is 0 Å². The van der Waals surface area contributed by atoms with Crippen molar-refractivity contribution in [1.29, 1.82) is 0 Å². The summed E-state index contributed by atoms with van der Waals surface area (Å²) in [5, 5.41) is 3.63. The molecule has 0 saturated carbocycles. The number of hydrogen-bond donors (Lipinski definition) is 1. The second-order valence-electron chi connectivity index (χ2n) is 6.03. The van der Waals surface area contributed by atoms with Gasteiger partial charge in [0.15, 0.2) is 11.7 Å². The van der Waals surface area contributed by atoms with Crippen LogP contribution in [0.3, 0.4) is 0 Å². The number of carbonyl (C=O) groups excluding carboxylic acids is 1. The molecule has 0 aliphatic rings. The van der Waals surface area contributed by atoms with Crippen molar-refractivity contribution in [3.8, 4) is 5.75 Å². The Labute approximate surface area is 178 Å². The summed E-state index contributed by atoms with van der Waals surface area (Å²) in [5.74, 6) is 0.162. The molecule has 0 saturated heterocycles. The molecule has 10 heteroatoms. The minimum absolute atomic E-state index is 0.181. The number of rotatable bonds is 8. The largest absolute Gasteiger partial charge is 0.484 e. The van der Waals surface area contributed by atoms with Crippen LogP contribution < -0.4 is 10.1 Å². The van der Waals surface area contributed by atoms with Crippen LogP contribution in [0.4, 0.5) is 5.13 Å². The SMILES string of the molecule is CCN(CC)S(=O)(=O)c1ccc2nc(NC(=O)COc3ccc(Cl)cc3)sc2c1. The Hall–Kier alpha value is -2.20. The van der Waals surface area contributed by atoms with Crippen LogP contribution in [0.1, 0.15) is 13.8 Å². The molecule has 0 radical (unpaired) electrons. The van der Waals surface area contributed by atoms with Gasteiger partial charge in [0.2, 0.25) is 10.0 Å². The maximum absolute atomic E-state index is 12.7. The highest BCUT2D eigenvalue weighted by atomic mass is 35.5. The summed E-state index contributed by atoms with van der Waals surface area (Å²) >= 11 is 7.02. The molecular weight excluding hydrogens is 434 g/mol. The molecule has 0 spiro atoms. The third-order valence-electron chi connectivity index (χ3n) is 4.13. The third kappa shape index (κ3) is 5.05. The lowest BCUT2D eigenvalue weighted by atomic mass is 10.3.